The van der Waals surface area contributed by atoms with Gasteiger partial charge in [0.1, 0.15) is 16.7 Å². The van der Waals surface area contributed by atoms with Crippen LogP contribution in [-0.4, -0.2) is 12.3 Å². The van der Waals surface area contributed by atoms with Crippen LogP contribution in [0.1, 0.15) is 230 Å². The first kappa shape index (κ1) is 56.5. The van der Waals surface area contributed by atoms with Crippen molar-refractivity contribution in [2.75, 3.05) is 9.80 Å². The number of nitrogens with zero attached hydrogens (tertiary/aromatic N) is 2. The molecule has 5 heteroatoms. The quantitative estimate of drug-likeness (QED) is 0.165. The monoisotopic (exact) mass is 1150 g/mol. The van der Waals surface area contributed by atoms with Crippen LogP contribution in [0.2, 0.25) is 0 Å². The van der Waals surface area contributed by atoms with Gasteiger partial charge >= 0.3 is 0 Å². The fourth-order valence-corrected chi connectivity index (χ4v) is 17.3. The lowest BCUT2D eigenvalue weighted by molar-refractivity contribution is 0.195. The van der Waals surface area contributed by atoms with Gasteiger partial charge in [0.2, 0.25) is 6.71 Å². The fraction of sp³-hybridized carbons (Fsp3) is 0.415. The van der Waals surface area contributed by atoms with E-state index < -0.39 is 0 Å². The number of furan rings is 2. The Morgan fingerprint density at radius 2 is 1.06 bits per heavy atom. The van der Waals surface area contributed by atoms with Crippen LogP contribution in [0.5, 0.6) is 0 Å². The van der Waals surface area contributed by atoms with E-state index in [1.165, 1.54) is 137 Å². The molecular weight excluding hydrogens is 1060 g/mol. The van der Waals surface area contributed by atoms with Gasteiger partial charge in [-0.25, -0.2) is 0 Å². The van der Waals surface area contributed by atoms with E-state index in [2.05, 4.69) is 269 Å². The minimum Gasteiger partial charge on any atom is -0.456 e. The van der Waals surface area contributed by atoms with E-state index in [-0.39, 0.29) is 56.1 Å². The van der Waals surface area contributed by atoms with Crippen molar-refractivity contribution in [2.24, 2.45) is 0 Å². The third-order valence-corrected chi connectivity index (χ3v) is 23.0. The molecule has 3 unspecified atom stereocenters. The number of hydrogen-bond donors (Lipinski definition) is 0. The predicted molar refractivity (Wildman–Crippen MR) is 372 cm³/mol. The van der Waals surface area contributed by atoms with Crippen molar-refractivity contribution in [1.82, 2.24) is 0 Å². The average molecular weight is 1150 g/mol. The maximum absolute atomic E-state index is 7.35. The lowest BCUT2D eigenvalue weighted by Gasteiger charge is -2.50. The van der Waals surface area contributed by atoms with Crippen LogP contribution in [-0.2, 0) is 37.9 Å². The van der Waals surface area contributed by atoms with Crippen molar-refractivity contribution in [1.29, 1.82) is 0 Å². The summed E-state index contributed by atoms with van der Waals surface area (Å²) in [6, 6.07) is 51.3. The molecular formula is C82H91BN2O2. The number of hydrogen-bond acceptors (Lipinski definition) is 4. The molecule has 2 aliphatic carbocycles. The van der Waals surface area contributed by atoms with Gasteiger partial charge in [0, 0.05) is 55.6 Å². The smallest absolute Gasteiger partial charge is 0.247 e. The summed E-state index contributed by atoms with van der Waals surface area (Å²) >= 11 is 0. The highest BCUT2D eigenvalue weighted by Crippen LogP contribution is 2.62. The Labute approximate surface area is 519 Å². The van der Waals surface area contributed by atoms with Crippen LogP contribution < -0.4 is 26.2 Å². The molecule has 5 heterocycles. The molecule has 10 aromatic rings. The van der Waals surface area contributed by atoms with Gasteiger partial charge in [0.05, 0.1) is 11.2 Å². The second-order valence-electron chi connectivity index (χ2n) is 33.6. The first-order chi connectivity index (χ1) is 40.8. The molecule has 87 heavy (non-hydrogen) atoms. The second-order valence-corrected chi connectivity index (χ2v) is 33.6. The van der Waals surface area contributed by atoms with E-state index in [1.54, 1.807) is 0 Å². The highest BCUT2D eigenvalue weighted by Gasteiger charge is 2.58. The molecule has 2 aromatic heterocycles. The van der Waals surface area contributed by atoms with Crippen LogP contribution in [0.4, 0.5) is 28.4 Å². The number of aryl methyl sites for hydroxylation is 1. The fourth-order valence-electron chi connectivity index (χ4n) is 17.3. The summed E-state index contributed by atoms with van der Waals surface area (Å²) in [6.45, 7) is 45.7. The minimum atomic E-state index is -0.202. The summed E-state index contributed by atoms with van der Waals surface area (Å²) in [6.07, 6.45) is 7.07. The lowest BCUT2D eigenvalue weighted by Crippen LogP contribution is -2.62. The topological polar surface area (TPSA) is 32.8 Å². The van der Waals surface area contributed by atoms with Gasteiger partial charge in [0.25, 0.3) is 0 Å². The third kappa shape index (κ3) is 8.07. The lowest BCUT2D eigenvalue weighted by atomic mass is 9.30. The Morgan fingerprint density at radius 1 is 0.460 bits per heavy atom. The highest BCUT2D eigenvalue weighted by atomic mass is 16.3. The molecule has 1 saturated carbocycles. The summed E-state index contributed by atoms with van der Waals surface area (Å²) in [5, 5.41) is 4.76. The molecule has 1 fully saturated rings. The minimum absolute atomic E-state index is 0.0131. The molecule has 0 saturated heterocycles. The Balaban J connectivity index is 1.08. The van der Waals surface area contributed by atoms with Crippen molar-refractivity contribution >= 4 is 95.4 Å². The molecule has 4 nitrogen and oxygen atoms in total. The molecule has 3 aliphatic heterocycles. The largest absolute Gasteiger partial charge is 0.456 e. The first-order valence-electron chi connectivity index (χ1n) is 33.0. The maximum Gasteiger partial charge on any atom is 0.247 e. The van der Waals surface area contributed by atoms with E-state index in [0.29, 0.717) is 0 Å². The van der Waals surface area contributed by atoms with E-state index in [1.807, 2.05) is 0 Å². The number of rotatable bonds is 3. The zero-order valence-electron chi connectivity index (χ0n) is 55.7. The molecule has 5 aliphatic rings. The van der Waals surface area contributed by atoms with Crippen molar-refractivity contribution < 1.29 is 8.83 Å². The summed E-state index contributed by atoms with van der Waals surface area (Å²) in [7, 11) is 0. The highest BCUT2D eigenvalue weighted by molar-refractivity contribution is 6.99. The Hall–Kier alpha value is -6.98. The summed E-state index contributed by atoms with van der Waals surface area (Å²) < 4.78 is 14.5. The Bertz CT molecular complexity index is 4590. The number of para-hydroxylation sites is 1. The number of anilines is 5. The van der Waals surface area contributed by atoms with Gasteiger partial charge in [-0.15, -0.1) is 0 Å². The molecule has 15 rings (SSSR count). The van der Waals surface area contributed by atoms with Crippen LogP contribution >= 0.6 is 0 Å². The Morgan fingerprint density at radius 3 is 1.74 bits per heavy atom. The van der Waals surface area contributed by atoms with Crippen molar-refractivity contribution in [2.45, 2.75) is 219 Å². The van der Waals surface area contributed by atoms with E-state index in [0.717, 1.165) is 51.6 Å². The Kier molecular flexibility index (Phi) is 11.8. The molecule has 8 aromatic carbocycles. The normalized spacial score (nSPS) is 21.3. The van der Waals surface area contributed by atoms with Gasteiger partial charge in [-0.2, -0.15) is 0 Å². The predicted octanol–water partition coefficient (Wildman–Crippen LogP) is 20.9. The molecule has 444 valence electrons. The van der Waals surface area contributed by atoms with Gasteiger partial charge in [-0.05, 0) is 205 Å². The maximum atomic E-state index is 7.35. The van der Waals surface area contributed by atoms with Gasteiger partial charge in [-0.3, -0.25) is 0 Å². The van der Waals surface area contributed by atoms with E-state index in [9.17, 15) is 0 Å². The first-order valence-corrected chi connectivity index (χ1v) is 33.0. The third-order valence-electron chi connectivity index (χ3n) is 23.0. The second kappa shape index (κ2) is 18.1. The summed E-state index contributed by atoms with van der Waals surface area (Å²) in [5.74, 6) is -0.107. The van der Waals surface area contributed by atoms with Crippen molar-refractivity contribution in [3.63, 3.8) is 0 Å². The molecule has 0 amide bonds. The zero-order valence-corrected chi connectivity index (χ0v) is 55.7. The van der Waals surface area contributed by atoms with Crippen LogP contribution in [0, 0.1) is 6.92 Å². The molecule has 0 N–H and O–H groups in total. The summed E-state index contributed by atoms with van der Waals surface area (Å²) in [5.41, 5.74) is 28.9. The van der Waals surface area contributed by atoms with Gasteiger partial charge < -0.3 is 18.6 Å². The van der Waals surface area contributed by atoms with Gasteiger partial charge in [0.15, 0.2) is 5.58 Å². The average Bonchev–Trinajstić information content (AvgIpc) is 1.46. The van der Waals surface area contributed by atoms with E-state index in [4.69, 9.17) is 8.83 Å². The summed E-state index contributed by atoms with van der Waals surface area (Å²) in [4.78, 5) is 5.48. The number of fused-ring (bicyclic) bond motifs is 15. The zero-order chi connectivity index (χ0) is 61.4. The molecule has 0 spiro atoms. The standard InChI is InChI=1S/C82H91BN2O2/c1-47-39-58-59(80(16,17)38-37-79(58,14)15)46-54(47)70-57-42-51(78(11,12)13)44-66-73(57)83(62-30-34-69-71(72(62)70)56-41-49(76(5,6)7)27-33-68(56)86-69)61-29-28-52(85-63-31-25-50(77(8,9)10)43-60(63)81(18)35-20-21-36-82(81,85)19)45-65(61)84(66)64-24-22-23-53-55-40-48(75(2,3)4)26-32-67(55)87-74(53)64/h22-34,39-46,70H,20-21,35-38H2,1-19H3. The molecule has 0 radical (unpaired) electrons. The van der Waals surface area contributed by atoms with Crippen LogP contribution in [0.3, 0.4) is 0 Å². The van der Waals surface area contributed by atoms with Crippen molar-refractivity contribution in [3.05, 3.63) is 189 Å². The molecule has 3 atom stereocenters. The number of benzene rings is 8. The van der Waals surface area contributed by atoms with Gasteiger partial charge in [-0.1, -0.05) is 203 Å². The SMILES string of the molecule is Cc1cc2c(cc1C1c3cc(C(C)(C)C)cc4c3B(c3ccc(N5c6ccc(C(C)(C)C)cc6C6(C)CCCCC56C)cc3N4c3cccc4c3oc3ccc(C(C)(C)C)cc34)c3ccc4oc5ccc(C(C)(C)C)cc5c4c31)C(C)(C)CCC2(C)C. The van der Waals surface area contributed by atoms with E-state index >= 15 is 0 Å². The molecule has 0 bridgehead atoms. The van der Waals surface area contributed by atoms with Crippen LogP contribution in [0.15, 0.2) is 136 Å². The van der Waals surface area contributed by atoms with Crippen molar-refractivity contribution in [3.8, 4) is 0 Å². The van der Waals surface area contributed by atoms with Crippen LogP contribution in [0.25, 0.3) is 43.9 Å².